The molecule has 0 saturated carbocycles. The zero-order valence-corrected chi connectivity index (χ0v) is 9.85. The molecule has 3 heteroatoms. The molecule has 0 aliphatic rings. The van der Waals surface area contributed by atoms with Crippen LogP contribution in [0.5, 0.6) is 0 Å². The van der Waals surface area contributed by atoms with Gasteiger partial charge in [0.2, 0.25) is 0 Å². The molecule has 0 radical (unpaired) electrons. The van der Waals surface area contributed by atoms with E-state index in [2.05, 4.69) is 12.2 Å². The van der Waals surface area contributed by atoms with Gasteiger partial charge in [-0.25, -0.2) is 0 Å². The van der Waals surface area contributed by atoms with E-state index in [9.17, 15) is 4.79 Å². The number of rotatable bonds is 7. The molecule has 0 fully saturated rings. The fourth-order valence-corrected chi connectivity index (χ4v) is 1.35. The zero-order valence-electron chi connectivity index (χ0n) is 9.85. The van der Waals surface area contributed by atoms with Crippen molar-refractivity contribution < 1.29 is 9.53 Å². The van der Waals surface area contributed by atoms with Crippen LogP contribution in [0, 0.1) is 0 Å². The first kappa shape index (κ1) is 13.4. The molecule has 0 rings (SSSR count). The summed E-state index contributed by atoms with van der Waals surface area (Å²) in [5, 5.41) is 3.05. The molecule has 0 heterocycles. The van der Waals surface area contributed by atoms with Crippen LogP contribution in [0.4, 0.5) is 0 Å². The Morgan fingerprint density at radius 2 is 2.00 bits per heavy atom. The summed E-state index contributed by atoms with van der Waals surface area (Å²) in [6.45, 7) is 6.34. The van der Waals surface area contributed by atoms with Crippen molar-refractivity contribution in [3.05, 3.63) is 0 Å². The Balaban J connectivity index is 4.09. The Morgan fingerprint density at radius 1 is 1.36 bits per heavy atom. The van der Waals surface area contributed by atoms with Crippen LogP contribution in [0.15, 0.2) is 0 Å². The monoisotopic (exact) mass is 201 g/mol. The highest BCUT2D eigenvalue weighted by Crippen LogP contribution is 2.16. The van der Waals surface area contributed by atoms with Gasteiger partial charge in [0.25, 0.3) is 0 Å². The minimum atomic E-state index is -0.509. The van der Waals surface area contributed by atoms with Crippen molar-refractivity contribution in [1.29, 1.82) is 0 Å². The Hall–Kier alpha value is -0.570. The summed E-state index contributed by atoms with van der Waals surface area (Å²) in [7, 11) is 1.81. The van der Waals surface area contributed by atoms with Crippen LogP contribution in [-0.2, 0) is 9.53 Å². The van der Waals surface area contributed by atoms with Crippen molar-refractivity contribution in [3.8, 4) is 0 Å². The zero-order chi connectivity index (χ0) is 11.0. The van der Waals surface area contributed by atoms with E-state index < -0.39 is 5.54 Å². The van der Waals surface area contributed by atoms with Crippen molar-refractivity contribution in [2.24, 2.45) is 0 Å². The summed E-state index contributed by atoms with van der Waals surface area (Å²) >= 11 is 0. The summed E-state index contributed by atoms with van der Waals surface area (Å²) in [6.07, 6.45) is 4.24. The molecule has 0 aliphatic carbocycles. The van der Waals surface area contributed by atoms with Gasteiger partial charge in [0.1, 0.15) is 5.54 Å². The minimum Gasteiger partial charge on any atom is -0.465 e. The van der Waals surface area contributed by atoms with Gasteiger partial charge in [-0.3, -0.25) is 4.79 Å². The van der Waals surface area contributed by atoms with E-state index in [-0.39, 0.29) is 5.97 Å². The van der Waals surface area contributed by atoms with Gasteiger partial charge in [0.15, 0.2) is 0 Å². The second-order valence-electron chi connectivity index (χ2n) is 3.76. The average molecular weight is 201 g/mol. The number of carbonyl (C=O) groups excluding carboxylic acids is 1. The minimum absolute atomic E-state index is 0.140. The number of unbranched alkanes of at least 4 members (excludes halogenated alkanes) is 2. The number of hydrogen-bond acceptors (Lipinski definition) is 3. The molecule has 0 spiro atoms. The van der Waals surface area contributed by atoms with Crippen molar-refractivity contribution >= 4 is 5.97 Å². The molecule has 3 nitrogen and oxygen atoms in total. The Bertz CT molecular complexity index is 171. The van der Waals surface area contributed by atoms with Gasteiger partial charge in [0.05, 0.1) is 6.61 Å². The first-order valence-electron chi connectivity index (χ1n) is 5.46. The van der Waals surface area contributed by atoms with Gasteiger partial charge in [-0.2, -0.15) is 0 Å². The molecule has 0 saturated heterocycles. The molecular weight excluding hydrogens is 178 g/mol. The predicted molar refractivity (Wildman–Crippen MR) is 58.2 cm³/mol. The number of nitrogens with one attached hydrogen (secondary N) is 1. The maximum absolute atomic E-state index is 11.6. The van der Waals surface area contributed by atoms with Gasteiger partial charge in [-0.15, -0.1) is 0 Å². The fraction of sp³-hybridized carbons (Fsp3) is 0.909. The smallest absolute Gasteiger partial charge is 0.326 e. The fourth-order valence-electron chi connectivity index (χ4n) is 1.35. The second kappa shape index (κ2) is 6.82. The van der Waals surface area contributed by atoms with E-state index in [4.69, 9.17) is 4.74 Å². The van der Waals surface area contributed by atoms with E-state index in [0.29, 0.717) is 6.61 Å². The molecule has 0 bridgehead atoms. The van der Waals surface area contributed by atoms with Gasteiger partial charge in [0, 0.05) is 0 Å². The third kappa shape index (κ3) is 4.09. The molecule has 1 N–H and O–H groups in total. The van der Waals surface area contributed by atoms with Crippen LogP contribution in [0.2, 0.25) is 0 Å². The molecule has 0 amide bonds. The van der Waals surface area contributed by atoms with Crippen LogP contribution in [0.25, 0.3) is 0 Å². The van der Waals surface area contributed by atoms with Gasteiger partial charge in [-0.05, 0) is 27.3 Å². The summed E-state index contributed by atoms with van der Waals surface area (Å²) in [5.41, 5.74) is -0.509. The highest BCUT2D eigenvalue weighted by molar-refractivity contribution is 5.80. The number of ether oxygens (including phenoxy) is 1. The van der Waals surface area contributed by atoms with Crippen molar-refractivity contribution in [1.82, 2.24) is 5.32 Å². The average Bonchev–Trinajstić information content (AvgIpc) is 2.18. The van der Waals surface area contributed by atoms with E-state index in [1.165, 1.54) is 6.42 Å². The quantitative estimate of drug-likeness (QED) is 0.506. The van der Waals surface area contributed by atoms with Gasteiger partial charge in [-0.1, -0.05) is 26.2 Å². The van der Waals surface area contributed by atoms with E-state index in [1.807, 2.05) is 20.9 Å². The molecule has 1 atom stereocenters. The maximum Gasteiger partial charge on any atom is 0.326 e. The number of hydrogen-bond donors (Lipinski definition) is 1. The number of likely N-dealkylation sites (N-methyl/N-ethyl adjacent to an activating group) is 1. The van der Waals surface area contributed by atoms with Crippen molar-refractivity contribution in [2.75, 3.05) is 13.7 Å². The Kier molecular flexibility index (Phi) is 6.54. The van der Waals surface area contributed by atoms with Gasteiger partial charge >= 0.3 is 5.97 Å². The lowest BCUT2D eigenvalue weighted by Gasteiger charge is -2.26. The van der Waals surface area contributed by atoms with E-state index >= 15 is 0 Å². The maximum atomic E-state index is 11.6. The summed E-state index contributed by atoms with van der Waals surface area (Å²) in [6, 6.07) is 0. The molecular formula is C11H23NO2. The molecule has 0 aromatic heterocycles. The summed E-state index contributed by atoms with van der Waals surface area (Å²) in [4.78, 5) is 11.6. The SMILES string of the molecule is CCCCCC(C)(NC)C(=O)OCC. The second-order valence-corrected chi connectivity index (χ2v) is 3.76. The highest BCUT2D eigenvalue weighted by atomic mass is 16.5. The molecule has 0 aromatic rings. The van der Waals surface area contributed by atoms with Crippen LogP contribution < -0.4 is 5.32 Å². The predicted octanol–water partition coefficient (Wildman–Crippen LogP) is 2.11. The normalized spacial score (nSPS) is 14.9. The van der Waals surface area contributed by atoms with Crippen LogP contribution in [0.3, 0.4) is 0 Å². The lowest BCUT2D eigenvalue weighted by atomic mass is 9.95. The molecule has 84 valence electrons. The van der Waals surface area contributed by atoms with Crippen molar-refractivity contribution in [3.63, 3.8) is 0 Å². The topological polar surface area (TPSA) is 38.3 Å². The third-order valence-corrected chi connectivity index (χ3v) is 2.56. The van der Waals surface area contributed by atoms with Gasteiger partial charge < -0.3 is 10.1 Å². The first-order chi connectivity index (χ1) is 6.60. The summed E-state index contributed by atoms with van der Waals surface area (Å²) in [5.74, 6) is -0.140. The number of carbonyl (C=O) groups is 1. The van der Waals surface area contributed by atoms with Crippen molar-refractivity contribution in [2.45, 2.75) is 52.0 Å². The molecule has 0 aromatic carbocycles. The van der Waals surface area contributed by atoms with Crippen LogP contribution in [-0.4, -0.2) is 25.2 Å². The molecule has 0 aliphatic heterocycles. The molecule has 1 unspecified atom stereocenters. The first-order valence-corrected chi connectivity index (χ1v) is 5.46. The van der Waals surface area contributed by atoms with E-state index in [0.717, 1.165) is 19.3 Å². The van der Waals surface area contributed by atoms with Crippen LogP contribution >= 0.6 is 0 Å². The lowest BCUT2D eigenvalue weighted by Crippen LogP contribution is -2.48. The standard InChI is InChI=1S/C11H23NO2/c1-5-7-8-9-11(3,12-4)10(13)14-6-2/h12H,5-9H2,1-4H3. The Labute approximate surface area is 87.2 Å². The third-order valence-electron chi connectivity index (χ3n) is 2.56. The lowest BCUT2D eigenvalue weighted by molar-refractivity contribution is -0.150. The molecule has 14 heavy (non-hydrogen) atoms. The highest BCUT2D eigenvalue weighted by Gasteiger charge is 2.31. The Morgan fingerprint density at radius 3 is 2.43 bits per heavy atom. The van der Waals surface area contributed by atoms with Crippen LogP contribution in [0.1, 0.15) is 46.5 Å². The largest absolute Gasteiger partial charge is 0.465 e. The summed E-state index contributed by atoms with van der Waals surface area (Å²) < 4.78 is 5.03. The van der Waals surface area contributed by atoms with E-state index in [1.54, 1.807) is 0 Å². The number of esters is 1.